The predicted molar refractivity (Wildman–Crippen MR) is 85.9 cm³/mol. The van der Waals surface area contributed by atoms with Gasteiger partial charge in [0.15, 0.2) is 11.5 Å². The molecule has 3 atom stereocenters. The van der Waals surface area contributed by atoms with E-state index in [0.717, 1.165) is 23.3 Å². The quantitative estimate of drug-likeness (QED) is 0.648. The van der Waals surface area contributed by atoms with Crippen LogP contribution in [0.3, 0.4) is 0 Å². The number of fused-ring (bicyclic) bond motifs is 1. The minimum Gasteiger partial charge on any atom is -0.454 e. The van der Waals surface area contributed by atoms with E-state index in [1.165, 1.54) is 0 Å². The minimum atomic E-state index is -0.252. The van der Waals surface area contributed by atoms with Gasteiger partial charge in [-0.25, -0.2) is 0 Å². The molecule has 0 saturated heterocycles. The Morgan fingerprint density at radius 2 is 2.00 bits per heavy atom. The van der Waals surface area contributed by atoms with Crippen LogP contribution in [0.15, 0.2) is 18.2 Å². The lowest BCUT2D eigenvalue weighted by molar-refractivity contribution is -0.114. The molecule has 6 nitrogen and oxygen atoms in total. The molecule has 1 aliphatic heterocycles. The van der Waals surface area contributed by atoms with Crippen LogP contribution in [-0.4, -0.2) is 57.5 Å². The fourth-order valence-corrected chi connectivity index (χ4v) is 2.83. The van der Waals surface area contributed by atoms with Crippen LogP contribution < -0.4 is 9.47 Å². The molecule has 1 aliphatic rings. The second-order valence-electron chi connectivity index (χ2n) is 5.61. The van der Waals surface area contributed by atoms with Crippen molar-refractivity contribution in [2.24, 2.45) is 0 Å². The summed E-state index contributed by atoms with van der Waals surface area (Å²) in [5.74, 6) is 1.46. The van der Waals surface area contributed by atoms with Crippen molar-refractivity contribution in [3.63, 3.8) is 0 Å². The number of rotatable bonds is 9. The Kier molecular flexibility index (Phi) is 6.38. The molecule has 0 bridgehead atoms. The SMILES string of the molecule is COCCN(C(C)C=O)C(c1ccc2c(c1)OCO2)C(C)OC. The van der Waals surface area contributed by atoms with E-state index in [4.69, 9.17) is 18.9 Å². The van der Waals surface area contributed by atoms with Gasteiger partial charge in [-0.3, -0.25) is 4.90 Å². The summed E-state index contributed by atoms with van der Waals surface area (Å²) < 4.78 is 21.6. The molecule has 0 fully saturated rings. The molecule has 1 aromatic rings. The third-order valence-electron chi connectivity index (χ3n) is 4.19. The van der Waals surface area contributed by atoms with Gasteiger partial charge in [0.2, 0.25) is 6.79 Å². The number of methoxy groups -OCH3 is 2. The van der Waals surface area contributed by atoms with Crippen molar-refractivity contribution in [3.8, 4) is 11.5 Å². The third-order valence-corrected chi connectivity index (χ3v) is 4.19. The Balaban J connectivity index is 2.35. The van der Waals surface area contributed by atoms with Gasteiger partial charge in [-0.05, 0) is 31.5 Å². The van der Waals surface area contributed by atoms with Crippen LogP contribution in [0.2, 0.25) is 0 Å². The van der Waals surface area contributed by atoms with Crippen LogP contribution in [0, 0.1) is 0 Å². The molecule has 2 rings (SSSR count). The maximum Gasteiger partial charge on any atom is 0.231 e. The zero-order chi connectivity index (χ0) is 16.8. The topological polar surface area (TPSA) is 57.2 Å². The van der Waals surface area contributed by atoms with Crippen LogP contribution in [0.5, 0.6) is 11.5 Å². The van der Waals surface area contributed by atoms with Crippen molar-refractivity contribution in [1.82, 2.24) is 4.90 Å². The predicted octanol–water partition coefficient (Wildman–Crippen LogP) is 2.03. The number of ether oxygens (including phenoxy) is 4. The highest BCUT2D eigenvalue weighted by molar-refractivity contribution is 5.57. The summed E-state index contributed by atoms with van der Waals surface area (Å²) in [7, 11) is 3.32. The molecule has 0 aliphatic carbocycles. The van der Waals surface area contributed by atoms with Crippen LogP contribution in [0.4, 0.5) is 0 Å². The lowest BCUT2D eigenvalue weighted by Gasteiger charge is -2.37. The van der Waals surface area contributed by atoms with Gasteiger partial charge in [0.25, 0.3) is 0 Å². The highest BCUT2D eigenvalue weighted by Crippen LogP contribution is 2.37. The fraction of sp³-hybridized carbons (Fsp3) is 0.588. The molecule has 128 valence electrons. The summed E-state index contributed by atoms with van der Waals surface area (Å²) in [5, 5.41) is 0. The van der Waals surface area contributed by atoms with Crippen LogP contribution in [0.1, 0.15) is 25.5 Å². The molecule has 3 unspecified atom stereocenters. The largest absolute Gasteiger partial charge is 0.454 e. The van der Waals surface area contributed by atoms with E-state index in [9.17, 15) is 4.79 Å². The first-order valence-electron chi connectivity index (χ1n) is 7.74. The van der Waals surface area contributed by atoms with E-state index in [1.54, 1.807) is 14.2 Å². The van der Waals surface area contributed by atoms with E-state index in [0.29, 0.717) is 13.2 Å². The zero-order valence-corrected chi connectivity index (χ0v) is 14.2. The van der Waals surface area contributed by atoms with Crippen LogP contribution in [0.25, 0.3) is 0 Å². The summed E-state index contributed by atoms with van der Waals surface area (Å²) in [6.45, 7) is 5.28. The standard InChI is InChI=1S/C17H25NO5/c1-12(10-19)18(7-8-20-3)17(13(2)21-4)14-5-6-15-16(9-14)23-11-22-15/h5-6,9-10,12-13,17H,7-8,11H2,1-4H3. The number of nitrogens with zero attached hydrogens (tertiary/aromatic N) is 1. The van der Waals surface area contributed by atoms with Crippen molar-refractivity contribution >= 4 is 6.29 Å². The summed E-state index contributed by atoms with van der Waals surface area (Å²) in [5.41, 5.74) is 1.02. The Morgan fingerprint density at radius 1 is 1.26 bits per heavy atom. The molecule has 0 amide bonds. The Bertz CT molecular complexity index is 522. The van der Waals surface area contributed by atoms with Crippen molar-refractivity contribution in [1.29, 1.82) is 0 Å². The average Bonchev–Trinajstić information content (AvgIpc) is 3.04. The Morgan fingerprint density at radius 3 is 2.65 bits per heavy atom. The summed E-state index contributed by atoms with van der Waals surface area (Å²) >= 11 is 0. The number of aldehydes is 1. The van der Waals surface area contributed by atoms with Gasteiger partial charge in [-0.2, -0.15) is 0 Å². The Labute approximate surface area is 137 Å². The maximum atomic E-state index is 11.4. The molecular formula is C17H25NO5. The molecule has 1 heterocycles. The molecular weight excluding hydrogens is 298 g/mol. The zero-order valence-electron chi connectivity index (χ0n) is 14.2. The van der Waals surface area contributed by atoms with Gasteiger partial charge in [-0.15, -0.1) is 0 Å². The molecule has 0 spiro atoms. The molecule has 0 radical (unpaired) electrons. The van der Waals surface area contributed by atoms with Crippen LogP contribution in [-0.2, 0) is 14.3 Å². The van der Waals surface area contributed by atoms with Crippen molar-refractivity contribution in [2.45, 2.75) is 32.0 Å². The number of carbonyl (C=O) groups excluding carboxylic acids is 1. The lowest BCUT2D eigenvalue weighted by Crippen LogP contribution is -2.44. The first-order chi connectivity index (χ1) is 11.1. The maximum absolute atomic E-state index is 11.4. The molecule has 0 N–H and O–H groups in total. The van der Waals surface area contributed by atoms with Crippen molar-refractivity contribution in [3.05, 3.63) is 23.8 Å². The first kappa shape index (κ1) is 17.7. The van der Waals surface area contributed by atoms with Gasteiger partial charge in [-0.1, -0.05) is 6.07 Å². The van der Waals surface area contributed by atoms with E-state index in [-0.39, 0.29) is 25.0 Å². The van der Waals surface area contributed by atoms with Gasteiger partial charge in [0.05, 0.1) is 24.8 Å². The van der Waals surface area contributed by atoms with Crippen molar-refractivity contribution in [2.75, 3.05) is 34.2 Å². The van der Waals surface area contributed by atoms with Gasteiger partial charge >= 0.3 is 0 Å². The normalized spacial score (nSPS) is 17.1. The van der Waals surface area contributed by atoms with Gasteiger partial charge in [0, 0.05) is 20.8 Å². The van der Waals surface area contributed by atoms with E-state index < -0.39 is 0 Å². The minimum absolute atomic E-state index is 0.0927. The molecule has 6 heteroatoms. The highest BCUT2D eigenvalue weighted by atomic mass is 16.7. The van der Waals surface area contributed by atoms with E-state index in [1.807, 2.05) is 32.0 Å². The highest BCUT2D eigenvalue weighted by Gasteiger charge is 2.30. The molecule has 1 aromatic carbocycles. The first-order valence-corrected chi connectivity index (χ1v) is 7.74. The fourth-order valence-electron chi connectivity index (χ4n) is 2.83. The lowest BCUT2D eigenvalue weighted by atomic mass is 9.98. The number of hydrogen-bond donors (Lipinski definition) is 0. The Hall–Kier alpha value is -1.63. The smallest absolute Gasteiger partial charge is 0.231 e. The summed E-state index contributed by atoms with van der Waals surface area (Å²) in [6.07, 6.45) is 0.840. The number of benzene rings is 1. The second kappa shape index (κ2) is 8.29. The molecule has 23 heavy (non-hydrogen) atoms. The molecule has 0 aromatic heterocycles. The van der Waals surface area contributed by atoms with Gasteiger partial charge < -0.3 is 23.7 Å². The summed E-state index contributed by atoms with van der Waals surface area (Å²) in [6, 6.07) is 5.50. The monoisotopic (exact) mass is 323 g/mol. The van der Waals surface area contributed by atoms with E-state index >= 15 is 0 Å². The second-order valence-corrected chi connectivity index (χ2v) is 5.61. The van der Waals surface area contributed by atoms with Crippen molar-refractivity contribution < 1.29 is 23.7 Å². The third kappa shape index (κ3) is 4.02. The van der Waals surface area contributed by atoms with Crippen LogP contribution >= 0.6 is 0 Å². The number of carbonyl (C=O) groups is 1. The van der Waals surface area contributed by atoms with E-state index in [2.05, 4.69) is 4.90 Å². The number of hydrogen-bond acceptors (Lipinski definition) is 6. The van der Waals surface area contributed by atoms with Gasteiger partial charge in [0.1, 0.15) is 6.29 Å². The average molecular weight is 323 g/mol. The summed E-state index contributed by atoms with van der Waals surface area (Å²) in [4.78, 5) is 13.5. The molecule has 0 saturated carbocycles.